The number of nitrogens with one attached hydrogen (secondary N) is 1. The lowest BCUT2D eigenvalue weighted by atomic mass is 9.92. The van der Waals surface area contributed by atoms with Crippen molar-refractivity contribution >= 4 is 17.5 Å². The third-order valence-corrected chi connectivity index (χ3v) is 3.71. The summed E-state index contributed by atoms with van der Waals surface area (Å²) < 4.78 is 0. The SMILES string of the molecule is CCCNc1nc(C)c([N+](=O)[O-])c(N(C)C2CCC2)n1. The topological polar surface area (TPSA) is 84.2 Å². The molecule has 0 bridgehead atoms. The van der Waals surface area contributed by atoms with Gasteiger partial charge in [-0.2, -0.15) is 4.98 Å². The Bertz CT molecular complexity index is 502. The Hall–Kier alpha value is -1.92. The lowest BCUT2D eigenvalue weighted by Crippen LogP contribution is -2.38. The van der Waals surface area contributed by atoms with Crippen molar-refractivity contribution in [2.45, 2.75) is 45.6 Å². The van der Waals surface area contributed by atoms with Crippen molar-refractivity contribution in [1.82, 2.24) is 9.97 Å². The van der Waals surface area contributed by atoms with E-state index in [1.807, 2.05) is 18.9 Å². The molecule has 1 aromatic heterocycles. The Kier molecular flexibility index (Phi) is 4.36. The number of nitrogens with zero attached hydrogens (tertiary/aromatic N) is 4. The van der Waals surface area contributed by atoms with Gasteiger partial charge in [-0.15, -0.1) is 0 Å². The molecule has 7 heteroatoms. The van der Waals surface area contributed by atoms with Crippen molar-refractivity contribution in [3.8, 4) is 0 Å². The molecule has 1 saturated carbocycles. The minimum Gasteiger partial charge on any atom is -0.354 e. The van der Waals surface area contributed by atoms with Gasteiger partial charge in [-0.05, 0) is 32.6 Å². The molecule has 1 aliphatic rings. The zero-order valence-electron chi connectivity index (χ0n) is 12.2. The molecule has 0 unspecified atom stereocenters. The van der Waals surface area contributed by atoms with E-state index >= 15 is 0 Å². The van der Waals surface area contributed by atoms with Crippen molar-refractivity contribution in [3.63, 3.8) is 0 Å². The van der Waals surface area contributed by atoms with Gasteiger partial charge < -0.3 is 10.2 Å². The van der Waals surface area contributed by atoms with Crippen LogP contribution in [0.2, 0.25) is 0 Å². The Morgan fingerprint density at radius 1 is 1.45 bits per heavy atom. The lowest BCUT2D eigenvalue weighted by molar-refractivity contribution is -0.385. The van der Waals surface area contributed by atoms with Crippen LogP contribution >= 0.6 is 0 Å². The van der Waals surface area contributed by atoms with Crippen LogP contribution in [-0.4, -0.2) is 34.5 Å². The van der Waals surface area contributed by atoms with E-state index in [2.05, 4.69) is 15.3 Å². The molecule has 2 rings (SSSR count). The number of rotatable bonds is 6. The summed E-state index contributed by atoms with van der Waals surface area (Å²) in [5.41, 5.74) is 0.422. The van der Waals surface area contributed by atoms with Crippen LogP contribution in [0.3, 0.4) is 0 Å². The van der Waals surface area contributed by atoms with Gasteiger partial charge in [-0.1, -0.05) is 6.92 Å². The molecule has 7 nitrogen and oxygen atoms in total. The fraction of sp³-hybridized carbons (Fsp3) is 0.692. The molecule has 0 aliphatic heterocycles. The highest BCUT2D eigenvalue weighted by molar-refractivity contribution is 5.62. The Morgan fingerprint density at radius 2 is 2.15 bits per heavy atom. The summed E-state index contributed by atoms with van der Waals surface area (Å²) >= 11 is 0. The van der Waals surface area contributed by atoms with Gasteiger partial charge in [0.15, 0.2) is 0 Å². The second kappa shape index (κ2) is 6.02. The maximum absolute atomic E-state index is 11.3. The van der Waals surface area contributed by atoms with E-state index in [1.165, 1.54) is 6.42 Å². The number of hydrogen-bond donors (Lipinski definition) is 1. The summed E-state index contributed by atoms with van der Waals surface area (Å²) in [5, 5.41) is 14.4. The smallest absolute Gasteiger partial charge is 0.332 e. The van der Waals surface area contributed by atoms with Gasteiger partial charge in [-0.25, -0.2) is 4.98 Å². The summed E-state index contributed by atoms with van der Waals surface area (Å²) in [6.07, 6.45) is 4.25. The molecule has 1 aliphatic carbocycles. The highest BCUT2D eigenvalue weighted by atomic mass is 16.6. The van der Waals surface area contributed by atoms with Gasteiger partial charge in [0.25, 0.3) is 0 Å². The molecule has 0 aromatic carbocycles. The van der Waals surface area contributed by atoms with E-state index in [0.717, 1.165) is 25.8 Å². The van der Waals surface area contributed by atoms with Crippen LogP contribution in [0, 0.1) is 17.0 Å². The highest BCUT2D eigenvalue weighted by Gasteiger charge is 2.31. The molecule has 0 amide bonds. The average molecular weight is 279 g/mol. The Balaban J connectivity index is 2.38. The molecule has 1 N–H and O–H groups in total. The highest BCUT2D eigenvalue weighted by Crippen LogP contribution is 2.34. The van der Waals surface area contributed by atoms with E-state index in [4.69, 9.17) is 0 Å². The van der Waals surface area contributed by atoms with Crippen molar-refractivity contribution in [1.29, 1.82) is 0 Å². The zero-order valence-corrected chi connectivity index (χ0v) is 12.2. The van der Waals surface area contributed by atoms with E-state index < -0.39 is 0 Å². The fourth-order valence-corrected chi connectivity index (χ4v) is 2.27. The molecule has 0 saturated heterocycles. The maximum atomic E-state index is 11.3. The first kappa shape index (κ1) is 14.5. The minimum absolute atomic E-state index is 0.0152. The van der Waals surface area contributed by atoms with Gasteiger partial charge in [0.1, 0.15) is 5.69 Å². The monoisotopic (exact) mass is 279 g/mol. The second-order valence-electron chi connectivity index (χ2n) is 5.18. The molecule has 110 valence electrons. The standard InChI is InChI=1S/C13H21N5O2/c1-4-8-14-13-15-9(2)11(18(19)20)12(16-13)17(3)10-6-5-7-10/h10H,4-8H2,1-3H3,(H,14,15,16). The molecule has 0 radical (unpaired) electrons. The van der Waals surface area contributed by atoms with E-state index in [0.29, 0.717) is 23.5 Å². The number of aryl methyl sites for hydroxylation is 1. The van der Waals surface area contributed by atoms with Crippen molar-refractivity contribution in [2.75, 3.05) is 23.8 Å². The first-order valence-corrected chi connectivity index (χ1v) is 7.04. The summed E-state index contributed by atoms with van der Waals surface area (Å²) in [6, 6.07) is 0.349. The van der Waals surface area contributed by atoms with Crippen LogP contribution in [0.4, 0.5) is 17.5 Å². The van der Waals surface area contributed by atoms with E-state index in [1.54, 1.807) is 6.92 Å². The van der Waals surface area contributed by atoms with E-state index in [-0.39, 0.29) is 10.6 Å². The third-order valence-electron chi connectivity index (χ3n) is 3.71. The average Bonchev–Trinajstić information content (AvgIpc) is 2.32. The van der Waals surface area contributed by atoms with Crippen LogP contribution in [0.25, 0.3) is 0 Å². The minimum atomic E-state index is -0.385. The first-order chi connectivity index (χ1) is 9.54. The first-order valence-electron chi connectivity index (χ1n) is 7.04. The molecular weight excluding hydrogens is 258 g/mol. The van der Waals surface area contributed by atoms with Crippen LogP contribution in [0.1, 0.15) is 38.3 Å². The summed E-state index contributed by atoms with van der Waals surface area (Å²) in [4.78, 5) is 21.4. The molecular formula is C13H21N5O2. The zero-order chi connectivity index (χ0) is 14.7. The van der Waals surface area contributed by atoms with Gasteiger partial charge in [0.2, 0.25) is 11.8 Å². The number of anilines is 2. The van der Waals surface area contributed by atoms with E-state index in [9.17, 15) is 10.1 Å². The third kappa shape index (κ3) is 2.81. The number of nitro groups is 1. The molecule has 0 atom stereocenters. The van der Waals surface area contributed by atoms with Crippen LogP contribution in [0.5, 0.6) is 0 Å². The van der Waals surface area contributed by atoms with Gasteiger partial charge in [0.05, 0.1) is 4.92 Å². The molecule has 1 aromatic rings. The maximum Gasteiger partial charge on any atom is 0.332 e. The Morgan fingerprint density at radius 3 is 2.65 bits per heavy atom. The molecule has 20 heavy (non-hydrogen) atoms. The predicted molar refractivity (Wildman–Crippen MR) is 78.2 cm³/mol. The van der Waals surface area contributed by atoms with Gasteiger partial charge >= 0.3 is 5.69 Å². The summed E-state index contributed by atoms with van der Waals surface area (Å²) in [7, 11) is 1.88. The van der Waals surface area contributed by atoms with Gasteiger partial charge in [0, 0.05) is 19.6 Å². The van der Waals surface area contributed by atoms with Crippen molar-refractivity contribution in [3.05, 3.63) is 15.8 Å². The second-order valence-corrected chi connectivity index (χ2v) is 5.18. The number of aromatic nitrogens is 2. The molecule has 1 fully saturated rings. The lowest BCUT2D eigenvalue weighted by Gasteiger charge is -2.35. The quantitative estimate of drug-likeness (QED) is 0.636. The molecule has 1 heterocycles. The molecule has 0 spiro atoms. The van der Waals surface area contributed by atoms with Crippen LogP contribution in [-0.2, 0) is 0 Å². The summed E-state index contributed by atoms with van der Waals surface area (Å²) in [5.74, 6) is 0.891. The predicted octanol–water partition coefficient (Wildman–Crippen LogP) is 2.50. The van der Waals surface area contributed by atoms with Crippen molar-refractivity contribution in [2.24, 2.45) is 0 Å². The van der Waals surface area contributed by atoms with Gasteiger partial charge in [-0.3, -0.25) is 10.1 Å². The van der Waals surface area contributed by atoms with Crippen LogP contribution < -0.4 is 10.2 Å². The normalized spacial score (nSPS) is 14.8. The largest absolute Gasteiger partial charge is 0.354 e. The van der Waals surface area contributed by atoms with Crippen LogP contribution in [0.15, 0.2) is 0 Å². The Labute approximate surface area is 118 Å². The van der Waals surface area contributed by atoms with Crippen molar-refractivity contribution < 1.29 is 4.92 Å². The fourth-order valence-electron chi connectivity index (χ4n) is 2.27. The summed E-state index contributed by atoms with van der Waals surface area (Å²) in [6.45, 7) is 4.46. The number of hydrogen-bond acceptors (Lipinski definition) is 6.